The lowest BCUT2D eigenvalue weighted by Crippen LogP contribution is -2.43. The molecule has 0 aromatic heterocycles. The first-order valence-electron chi connectivity index (χ1n) is 8.68. The molecule has 0 radical (unpaired) electrons. The lowest BCUT2D eigenvalue weighted by atomic mass is 9.98. The van der Waals surface area contributed by atoms with Gasteiger partial charge in [-0.3, -0.25) is 0 Å². The van der Waals surface area contributed by atoms with Crippen molar-refractivity contribution < 1.29 is 4.74 Å². The van der Waals surface area contributed by atoms with Crippen molar-refractivity contribution in [3.63, 3.8) is 0 Å². The maximum atomic E-state index is 6.04. The SMILES string of the molecule is CCCCCCCC(NCCC)C(OCC)C1CC1. The first-order chi connectivity index (χ1) is 9.33. The third kappa shape index (κ3) is 7.31. The second kappa shape index (κ2) is 10.7. The van der Waals surface area contributed by atoms with Crippen LogP contribution in [0.5, 0.6) is 0 Å². The molecule has 19 heavy (non-hydrogen) atoms. The van der Waals surface area contributed by atoms with Crippen LogP contribution in [0.3, 0.4) is 0 Å². The van der Waals surface area contributed by atoms with Crippen LogP contribution in [-0.4, -0.2) is 25.3 Å². The first kappa shape index (κ1) is 17.0. The molecule has 1 N–H and O–H groups in total. The fourth-order valence-corrected chi connectivity index (χ4v) is 2.88. The van der Waals surface area contributed by atoms with Crippen molar-refractivity contribution in [1.82, 2.24) is 5.32 Å². The summed E-state index contributed by atoms with van der Waals surface area (Å²) in [5.74, 6) is 0.838. The van der Waals surface area contributed by atoms with Gasteiger partial charge in [0.05, 0.1) is 6.10 Å². The minimum Gasteiger partial charge on any atom is -0.377 e. The molecule has 1 rings (SSSR count). The van der Waals surface area contributed by atoms with Crippen LogP contribution in [0.15, 0.2) is 0 Å². The van der Waals surface area contributed by atoms with Crippen molar-refractivity contribution in [3.8, 4) is 0 Å². The maximum absolute atomic E-state index is 6.04. The zero-order valence-corrected chi connectivity index (χ0v) is 13.4. The van der Waals surface area contributed by atoms with Crippen LogP contribution in [0.4, 0.5) is 0 Å². The summed E-state index contributed by atoms with van der Waals surface area (Å²) in [4.78, 5) is 0. The Balaban J connectivity index is 2.31. The summed E-state index contributed by atoms with van der Waals surface area (Å²) in [6.45, 7) is 8.66. The Hall–Kier alpha value is -0.0800. The summed E-state index contributed by atoms with van der Waals surface area (Å²) in [5, 5.41) is 3.74. The third-order valence-corrected chi connectivity index (χ3v) is 4.12. The first-order valence-corrected chi connectivity index (χ1v) is 8.68. The van der Waals surface area contributed by atoms with Crippen molar-refractivity contribution in [2.45, 2.75) is 90.7 Å². The topological polar surface area (TPSA) is 21.3 Å². The number of unbranched alkanes of at least 4 members (excludes halogenated alkanes) is 4. The van der Waals surface area contributed by atoms with Gasteiger partial charge in [0.25, 0.3) is 0 Å². The Kier molecular flexibility index (Phi) is 9.54. The highest BCUT2D eigenvalue weighted by molar-refractivity contribution is 4.90. The van der Waals surface area contributed by atoms with E-state index in [1.54, 1.807) is 0 Å². The molecule has 114 valence electrons. The Bertz CT molecular complexity index is 203. The van der Waals surface area contributed by atoms with Crippen LogP contribution in [0.1, 0.15) is 78.6 Å². The molecule has 0 aliphatic heterocycles. The van der Waals surface area contributed by atoms with E-state index in [0.29, 0.717) is 12.1 Å². The number of hydrogen-bond donors (Lipinski definition) is 1. The molecule has 0 saturated heterocycles. The average molecular weight is 269 g/mol. The summed E-state index contributed by atoms with van der Waals surface area (Å²) in [6, 6.07) is 0.592. The third-order valence-electron chi connectivity index (χ3n) is 4.12. The van der Waals surface area contributed by atoms with Crippen molar-refractivity contribution in [1.29, 1.82) is 0 Å². The van der Waals surface area contributed by atoms with Crippen LogP contribution in [0.2, 0.25) is 0 Å². The number of rotatable bonds is 13. The van der Waals surface area contributed by atoms with E-state index < -0.39 is 0 Å². The van der Waals surface area contributed by atoms with E-state index in [-0.39, 0.29) is 0 Å². The fourth-order valence-electron chi connectivity index (χ4n) is 2.88. The second-order valence-electron chi connectivity index (χ2n) is 6.02. The fraction of sp³-hybridized carbons (Fsp3) is 1.00. The van der Waals surface area contributed by atoms with Gasteiger partial charge in [0.2, 0.25) is 0 Å². The second-order valence-corrected chi connectivity index (χ2v) is 6.02. The Morgan fingerprint density at radius 1 is 1.00 bits per heavy atom. The highest BCUT2D eigenvalue weighted by atomic mass is 16.5. The largest absolute Gasteiger partial charge is 0.377 e. The summed E-state index contributed by atoms with van der Waals surface area (Å²) in [5.41, 5.74) is 0. The monoisotopic (exact) mass is 269 g/mol. The van der Waals surface area contributed by atoms with E-state index >= 15 is 0 Å². The van der Waals surface area contributed by atoms with Crippen LogP contribution >= 0.6 is 0 Å². The van der Waals surface area contributed by atoms with Crippen molar-refractivity contribution >= 4 is 0 Å². The predicted molar refractivity (Wildman–Crippen MR) is 83.6 cm³/mol. The van der Waals surface area contributed by atoms with Gasteiger partial charge in [0.1, 0.15) is 0 Å². The predicted octanol–water partition coefficient (Wildman–Crippen LogP) is 4.53. The molecule has 0 bridgehead atoms. The van der Waals surface area contributed by atoms with Gasteiger partial charge in [-0.25, -0.2) is 0 Å². The molecule has 2 nitrogen and oxygen atoms in total. The minimum absolute atomic E-state index is 0.475. The highest BCUT2D eigenvalue weighted by Crippen LogP contribution is 2.36. The van der Waals surface area contributed by atoms with E-state index in [2.05, 4.69) is 26.1 Å². The molecule has 1 saturated carbocycles. The lowest BCUT2D eigenvalue weighted by Gasteiger charge is -2.28. The van der Waals surface area contributed by atoms with Crippen LogP contribution in [-0.2, 0) is 4.74 Å². The normalized spacial score (nSPS) is 18.5. The molecule has 2 heteroatoms. The van der Waals surface area contributed by atoms with E-state index in [9.17, 15) is 0 Å². The van der Waals surface area contributed by atoms with E-state index in [4.69, 9.17) is 4.74 Å². The molecule has 1 aliphatic rings. The zero-order chi connectivity index (χ0) is 13.9. The summed E-state index contributed by atoms with van der Waals surface area (Å²) < 4.78 is 6.04. The Morgan fingerprint density at radius 2 is 1.74 bits per heavy atom. The minimum atomic E-state index is 0.475. The quantitative estimate of drug-likeness (QED) is 0.496. The average Bonchev–Trinajstić information content (AvgIpc) is 3.24. The van der Waals surface area contributed by atoms with E-state index in [0.717, 1.165) is 19.1 Å². The summed E-state index contributed by atoms with van der Waals surface area (Å²) in [7, 11) is 0. The molecule has 0 amide bonds. The number of ether oxygens (including phenoxy) is 1. The molecule has 2 atom stereocenters. The molecular weight excluding hydrogens is 234 g/mol. The molecule has 0 spiro atoms. The maximum Gasteiger partial charge on any atom is 0.0755 e. The van der Waals surface area contributed by atoms with Crippen LogP contribution in [0, 0.1) is 5.92 Å². The molecule has 1 aliphatic carbocycles. The number of nitrogens with one attached hydrogen (secondary N) is 1. The molecule has 1 fully saturated rings. The van der Waals surface area contributed by atoms with E-state index in [1.165, 1.54) is 57.8 Å². The van der Waals surface area contributed by atoms with Gasteiger partial charge in [0, 0.05) is 12.6 Å². The van der Waals surface area contributed by atoms with Gasteiger partial charge >= 0.3 is 0 Å². The number of hydrogen-bond acceptors (Lipinski definition) is 2. The lowest BCUT2D eigenvalue weighted by molar-refractivity contribution is 0.0164. The zero-order valence-electron chi connectivity index (χ0n) is 13.4. The molecular formula is C17H35NO. The smallest absolute Gasteiger partial charge is 0.0755 e. The molecule has 0 aromatic carbocycles. The molecule has 0 aromatic rings. The summed E-state index contributed by atoms with van der Waals surface area (Å²) in [6.07, 6.45) is 12.6. The Labute approximate surface area is 120 Å². The molecule has 2 unspecified atom stereocenters. The van der Waals surface area contributed by atoms with Gasteiger partial charge in [0.15, 0.2) is 0 Å². The van der Waals surface area contributed by atoms with Crippen LogP contribution in [0.25, 0.3) is 0 Å². The van der Waals surface area contributed by atoms with Gasteiger partial charge in [-0.15, -0.1) is 0 Å². The van der Waals surface area contributed by atoms with E-state index in [1.807, 2.05) is 0 Å². The van der Waals surface area contributed by atoms with Crippen LogP contribution < -0.4 is 5.32 Å². The molecule has 0 heterocycles. The highest BCUT2D eigenvalue weighted by Gasteiger charge is 2.36. The van der Waals surface area contributed by atoms with Gasteiger partial charge in [-0.05, 0) is 45.1 Å². The van der Waals surface area contributed by atoms with Gasteiger partial charge in [-0.2, -0.15) is 0 Å². The van der Waals surface area contributed by atoms with Gasteiger partial charge < -0.3 is 10.1 Å². The van der Waals surface area contributed by atoms with Crippen molar-refractivity contribution in [2.24, 2.45) is 5.92 Å². The van der Waals surface area contributed by atoms with Crippen molar-refractivity contribution in [3.05, 3.63) is 0 Å². The summed E-state index contributed by atoms with van der Waals surface area (Å²) >= 11 is 0. The Morgan fingerprint density at radius 3 is 2.32 bits per heavy atom. The van der Waals surface area contributed by atoms with Crippen molar-refractivity contribution in [2.75, 3.05) is 13.2 Å². The van der Waals surface area contributed by atoms with Gasteiger partial charge in [-0.1, -0.05) is 46.0 Å². The standard InChI is InChI=1S/C17H35NO/c1-4-7-8-9-10-11-16(18-14-5-2)17(19-6-3)15-12-13-15/h15-18H,4-14H2,1-3H3.